The normalized spacial score (nSPS) is 14.3. The van der Waals surface area contributed by atoms with Crippen LogP contribution in [-0.4, -0.2) is 31.1 Å². The maximum absolute atomic E-state index is 5.88. The number of ether oxygens (including phenoxy) is 1. The molecule has 3 nitrogen and oxygen atoms in total. The number of fused-ring (bicyclic) bond motifs is 1. The summed E-state index contributed by atoms with van der Waals surface area (Å²) in [6, 6.07) is 6.42. The van der Waals surface area contributed by atoms with E-state index >= 15 is 0 Å². The summed E-state index contributed by atoms with van der Waals surface area (Å²) in [5, 5.41) is 3.41. The molecule has 0 aliphatic carbocycles. The van der Waals surface area contributed by atoms with Gasteiger partial charge in [-0.2, -0.15) is 0 Å². The summed E-state index contributed by atoms with van der Waals surface area (Å²) in [6.45, 7) is 14.0. The Labute approximate surface area is 123 Å². The summed E-state index contributed by atoms with van der Waals surface area (Å²) < 4.78 is 5.88. The standard InChI is InChI=1S/C17H28N2O/c1-13(2)10-19(11-14(3)4)12-15-6-5-7-16-17(15)20-9-8-18-16/h5-7,13-14,18H,8-12H2,1-4H3. The number of anilines is 1. The number of nitrogens with zero attached hydrogens (tertiary/aromatic N) is 1. The highest BCUT2D eigenvalue weighted by Gasteiger charge is 2.17. The highest BCUT2D eigenvalue weighted by atomic mass is 16.5. The van der Waals surface area contributed by atoms with Crippen molar-refractivity contribution in [3.8, 4) is 5.75 Å². The van der Waals surface area contributed by atoms with E-state index in [1.165, 1.54) is 5.56 Å². The van der Waals surface area contributed by atoms with Crippen molar-refractivity contribution in [2.75, 3.05) is 31.6 Å². The third-order valence-corrected chi connectivity index (χ3v) is 3.40. The van der Waals surface area contributed by atoms with Crippen LogP contribution in [0.2, 0.25) is 0 Å². The zero-order valence-electron chi connectivity index (χ0n) is 13.3. The number of rotatable bonds is 6. The number of nitrogens with one attached hydrogen (secondary N) is 1. The van der Waals surface area contributed by atoms with E-state index in [1.54, 1.807) is 0 Å². The van der Waals surface area contributed by atoms with Crippen LogP contribution in [0.3, 0.4) is 0 Å². The van der Waals surface area contributed by atoms with Gasteiger partial charge >= 0.3 is 0 Å². The molecule has 0 saturated heterocycles. The lowest BCUT2D eigenvalue weighted by Crippen LogP contribution is -2.31. The van der Waals surface area contributed by atoms with Gasteiger partial charge in [-0.05, 0) is 17.9 Å². The van der Waals surface area contributed by atoms with E-state index in [0.29, 0.717) is 11.8 Å². The van der Waals surface area contributed by atoms with Crippen molar-refractivity contribution in [3.63, 3.8) is 0 Å². The van der Waals surface area contributed by atoms with Gasteiger partial charge in [0, 0.05) is 31.7 Å². The lowest BCUT2D eigenvalue weighted by molar-refractivity contribution is 0.207. The molecule has 0 unspecified atom stereocenters. The fourth-order valence-corrected chi connectivity index (χ4v) is 2.84. The minimum absolute atomic E-state index is 0.687. The summed E-state index contributed by atoms with van der Waals surface area (Å²) in [5.74, 6) is 2.43. The van der Waals surface area contributed by atoms with E-state index in [1.807, 2.05) is 0 Å². The molecular formula is C17H28N2O. The van der Waals surface area contributed by atoms with Gasteiger partial charge in [-0.1, -0.05) is 39.8 Å². The average Bonchev–Trinajstić information content (AvgIpc) is 2.37. The Morgan fingerprint density at radius 3 is 2.50 bits per heavy atom. The van der Waals surface area contributed by atoms with Gasteiger partial charge in [-0.15, -0.1) is 0 Å². The van der Waals surface area contributed by atoms with E-state index in [0.717, 1.165) is 44.2 Å². The molecule has 112 valence electrons. The molecule has 3 heteroatoms. The van der Waals surface area contributed by atoms with Crippen LogP contribution in [0.25, 0.3) is 0 Å². The predicted octanol–water partition coefficient (Wildman–Crippen LogP) is 3.60. The molecule has 0 amide bonds. The highest BCUT2D eigenvalue weighted by Crippen LogP contribution is 2.32. The maximum atomic E-state index is 5.88. The first-order chi connectivity index (χ1) is 9.56. The lowest BCUT2D eigenvalue weighted by atomic mass is 10.1. The molecule has 1 aliphatic heterocycles. The van der Waals surface area contributed by atoms with Crippen LogP contribution >= 0.6 is 0 Å². The van der Waals surface area contributed by atoms with Crippen LogP contribution in [0.4, 0.5) is 5.69 Å². The second-order valence-electron chi connectivity index (χ2n) is 6.55. The van der Waals surface area contributed by atoms with Crippen molar-refractivity contribution in [2.24, 2.45) is 11.8 Å². The van der Waals surface area contributed by atoms with Gasteiger partial charge in [0.05, 0.1) is 5.69 Å². The molecular weight excluding hydrogens is 248 g/mol. The minimum Gasteiger partial charge on any atom is -0.489 e. The van der Waals surface area contributed by atoms with E-state index in [-0.39, 0.29) is 0 Å². The summed E-state index contributed by atoms with van der Waals surface area (Å²) in [7, 11) is 0. The summed E-state index contributed by atoms with van der Waals surface area (Å²) in [6.07, 6.45) is 0. The molecule has 1 aromatic carbocycles. The Morgan fingerprint density at radius 2 is 1.85 bits per heavy atom. The minimum atomic E-state index is 0.687. The van der Waals surface area contributed by atoms with Gasteiger partial charge in [-0.25, -0.2) is 0 Å². The second kappa shape index (κ2) is 6.98. The molecule has 20 heavy (non-hydrogen) atoms. The summed E-state index contributed by atoms with van der Waals surface area (Å²) in [4.78, 5) is 2.54. The maximum Gasteiger partial charge on any atom is 0.146 e. The fourth-order valence-electron chi connectivity index (χ4n) is 2.84. The van der Waals surface area contributed by atoms with Gasteiger partial charge < -0.3 is 10.1 Å². The Morgan fingerprint density at radius 1 is 1.15 bits per heavy atom. The molecule has 0 atom stereocenters. The molecule has 1 heterocycles. The molecule has 0 fully saturated rings. The Balaban J connectivity index is 2.13. The largest absolute Gasteiger partial charge is 0.489 e. The topological polar surface area (TPSA) is 24.5 Å². The highest BCUT2D eigenvalue weighted by molar-refractivity contribution is 5.61. The molecule has 1 aliphatic rings. The van der Waals surface area contributed by atoms with E-state index in [2.05, 4.69) is 56.1 Å². The van der Waals surface area contributed by atoms with Gasteiger partial charge in [0.1, 0.15) is 12.4 Å². The van der Waals surface area contributed by atoms with Crippen molar-refractivity contribution in [2.45, 2.75) is 34.2 Å². The molecule has 0 aromatic heterocycles. The Hall–Kier alpha value is -1.22. The number of para-hydroxylation sites is 1. The van der Waals surface area contributed by atoms with Gasteiger partial charge in [0.2, 0.25) is 0 Å². The van der Waals surface area contributed by atoms with Crippen molar-refractivity contribution in [1.82, 2.24) is 4.90 Å². The van der Waals surface area contributed by atoms with E-state index in [4.69, 9.17) is 4.74 Å². The number of benzene rings is 1. The SMILES string of the molecule is CC(C)CN(Cc1cccc2c1OCCN2)CC(C)C. The van der Waals surface area contributed by atoms with Crippen molar-refractivity contribution < 1.29 is 4.74 Å². The quantitative estimate of drug-likeness (QED) is 0.859. The molecule has 0 spiro atoms. The molecule has 0 bridgehead atoms. The van der Waals surface area contributed by atoms with Gasteiger partial charge in [0.25, 0.3) is 0 Å². The molecule has 2 rings (SSSR count). The molecule has 1 N–H and O–H groups in total. The van der Waals surface area contributed by atoms with Gasteiger partial charge in [-0.3, -0.25) is 4.90 Å². The van der Waals surface area contributed by atoms with Crippen molar-refractivity contribution in [3.05, 3.63) is 23.8 Å². The summed E-state index contributed by atoms with van der Waals surface area (Å²) in [5.41, 5.74) is 2.44. The zero-order valence-corrected chi connectivity index (χ0v) is 13.3. The summed E-state index contributed by atoms with van der Waals surface area (Å²) >= 11 is 0. The average molecular weight is 276 g/mol. The molecule has 0 radical (unpaired) electrons. The smallest absolute Gasteiger partial charge is 0.146 e. The third kappa shape index (κ3) is 4.14. The fraction of sp³-hybridized carbons (Fsp3) is 0.647. The van der Waals surface area contributed by atoms with Crippen LogP contribution in [0, 0.1) is 11.8 Å². The lowest BCUT2D eigenvalue weighted by Gasteiger charge is -2.28. The van der Waals surface area contributed by atoms with Crippen LogP contribution in [0.5, 0.6) is 5.75 Å². The van der Waals surface area contributed by atoms with Crippen LogP contribution in [0.1, 0.15) is 33.3 Å². The number of hydrogen-bond donors (Lipinski definition) is 1. The van der Waals surface area contributed by atoms with Crippen molar-refractivity contribution in [1.29, 1.82) is 0 Å². The van der Waals surface area contributed by atoms with Crippen molar-refractivity contribution >= 4 is 5.69 Å². The van der Waals surface area contributed by atoms with Crippen LogP contribution in [-0.2, 0) is 6.54 Å². The first-order valence-corrected chi connectivity index (χ1v) is 7.77. The first-order valence-electron chi connectivity index (χ1n) is 7.77. The monoisotopic (exact) mass is 276 g/mol. The first kappa shape index (κ1) is 15.2. The second-order valence-corrected chi connectivity index (χ2v) is 6.55. The van der Waals surface area contributed by atoms with E-state index < -0.39 is 0 Å². The van der Waals surface area contributed by atoms with Gasteiger partial charge in [0.15, 0.2) is 0 Å². The predicted molar refractivity (Wildman–Crippen MR) is 85.4 cm³/mol. The molecule has 1 aromatic rings. The third-order valence-electron chi connectivity index (χ3n) is 3.40. The molecule has 0 saturated carbocycles. The number of hydrogen-bond acceptors (Lipinski definition) is 3. The van der Waals surface area contributed by atoms with E-state index in [9.17, 15) is 0 Å². The Kier molecular flexibility index (Phi) is 5.30. The van der Waals surface area contributed by atoms with Crippen LogP contribution in [0.15, 0.2) is 18.2 Å². The van der Waals surface area contributed by atoms with Crippen LogP contribution < -0.4 is 10.1 Å². The zero-order chi connectivity index (χ0) is 14.5. The Bertz CT molecular complexity index is 419.